The molecular weight excluding hydrogens is 380 g/mol. The Balaban J connectivity index is 1.49. The van der Waals surface area contributed by atoms with Gasteiger partial charge in [-0.1, -0.05) is 69.4 Å². The van der Waals surface area contributed by atoms with Crippen LogP contribution in [0.2, 0.25) is 0 Å². The number of rotatable bonds is 10. The summed E-state index contributed by atoms with van der Waals surface area (Å²) in [5, 5.41) is 3.42. The molecule has 0 spiro atoms. The third kappa shape index (κ3) is 7.09. The minimum Gasteiger partial charge on any atom is -0.494 e. The molecule has 1 N–H and O–H groups in total. The van der Waals surface area contributed by atoms with Gasteiger partial charge in [0.1, 0.15) is 5.75 Å². The first-order valence-electron chi connectivity index (χ1n) is 10.3. The lowest BCUT2D eigenvalue weighted by molar-refractivity contribution is -0.115. The minimum absolute atomic E-state index is 0.118. The van der Waals surface area contributed by atoms with Crippen LogP contribution in [0.3, 0.4) is 0 Å². The molecular formula is C24H28N2O2S. The van der Waals surface area contributed by atoms with Crippen LogP contribution in [0.5, 0.6) is 5.75 Å². The second kappa shape index (κ2) is 11.5. The number of nitrogens with zero attached hydrogens (tertiary/aromatic N) is 1. The normalized spacial score (nSPS) is 16.4. The second-order valence-corrected chi connectivity index (χ2v) is 8.03. The summed E-state index contributed by atoms with van der Waals surface area (Å²) in [5.41, 5.74) is 1.79. The van der Waals surface area contributed by atoms with E-state index in [0.29, 0.717) is 10.1 Å². The zero-order valence-electron chi connectivity index (χ0n) is 16.9. The van der Waals surface area contributed by atoms with Gasteiger partial charge in [0.05, 0.1) is 17.2 Å². The van der Waals surface area contributed by atoms with E-state index in [0.717, 1.165) is 30.0 Å². The Bertz CT molecular complexity index is 845. The smallest absolute Gasteiger partial charge is 0.264 e. The van der Waals surface area contributed by atoms with E-state index in [9.17, 15) is 4.79 Å². The third-order valence-corrected chi connectivity index (χ3v) is 5.49. The van der Waals surface area contributed by atoms with E-state index in [2.05, 4.69) is 17.2 Å². The second-order valence-electron chi connectivity index (χ2n) is 7.00. The van der Waals surface area contributed by atoms with Gasteiger partial charge in [0.2, 0.25) is 0 Å². The Hall–Kier alpha value is -2.53. The van der Waals surface area contributed by atoms with Gasteiger partial charge in [-0.25, -0.2) is 4.99 Å². The van der Waals surface area contributed by atoms with Crippen molar-refractivity contribution in [3.8, 4) is 5.75 Å². The summed E-state index contributed by atoms with van der Waals surface area (Å²) in [6, 6.07) is 17.5. The fourth-order valence-electron chi connectivity index (χ4n) is 2.98. The average Bonchev–Trinajstić information content (AvgIpc) is 3.08. The minimum atomic E-state index is -0.118. The number of hydrogen-bond acceptors (Lipinski definition) is 4. The number of ether oxygens (including phenoxy) is 1. The lowest BCUT2D eigenvalue weighted by Crippen LogP contribution is -2.19. The number of unbranched alkanes of at least 4 members (excludes halogenated alkanes) is 5. The van der Waals surface area contributed by atoms with Crippen molar-refractivity contribution >= 4 is 34.6 Å². The number of benzene rings is 2. The van der Waals surface area contributed by atoms with Crippen LogP contribution >= 0.6 is 11.8 Å². The van der Waals surface area contributed by atoms with E-state index in [1.807, 2.05) is 60.7 Å². The van der Waals surface area contributed by atoms with Crippen molar-refractivity contribution in [2.75, 3.05) is 6.61 Å². The van der Waals surface area contributed by atoms with Gasteiger partial charge < -0.3 is 10.1 Å². The monoisotopic (exact) mass is 408 g/mol. The number of hydrogen-bond donors (Lipinski definition) is 1. The Morgan fingerprint density at radius 1 is 0.966 bits per heavy atom. The highest BCUT2D eigenvalue weighted by atomic mass is 32.2. The van der Waals surface area contributed by atoms with E-state index in [-0.39, 0.29) is 5.91 Å². The number of thioether (sulfide) groups is 1. The van der Waals surface area contributed by atoms with Crippen LogP contribution < -0.4 is 10.1 Å². The van der Waals surface area contributed by atoms with Crippen LogP contribution in [0.1, 0.15) is 51.0 Å². The maximum atomic E-state index is 12.2. The molecule has 1 saturated heterocycles. The van der Waals surface area contributed by atoms with Crippen LogP contribution in [0, 0.1) is 0 Å². The van der Waals surface area contributed by atoms with E-state index in [1.54, 1.807) is 0 Å². The molecule has 0 aromatic heterocycles. The molecule has 5 heteroatoms. The number of nitrogens with one attached hydrogen (secondary N) is 1. The number of amides is 1. The third-order valence-electron chi connectivity index (χ3n) is 4.58. The van der Waals surface area contributed by atoms with Crippen molar-refractivity contribution in [3.05, 3.63) is 65.1 Å². The van der Waals surface area contributed by atoms with Gasteiger partial charge >= 0.3 is 0 Å². The molecule has 1 heterocycles. The number of amidine groups is 1. The molecule has 0 atom stereocenters. The predicted molar refractivity (Wildman–Crippen MR) is 123 cm³/mol. The molecule has 1 aliphatic rings. The van der Waals surface area contributed by atoms with Gasteiger partial charge in [0.25, 0.3) is 5.91 Å². The maximum absolute atomic E-state index is 12.2. The number of aliphatic imine (C=N–C) groups is 1. The highest BCUT2D eigenvalue weighted by Crippen LogP contribution is 2.28. The molecule has 3 rings (SSSR count). The molecule has 29 heavy (non-hydrogen) atoms. The fraction of sp³-hybridized carbons (Fsp3) is 0.333. The molecule has 0 aliphatic carbocycles. The van der Waals surface area contributed by atoms with E-state index < -0.39 is 0 Å². The zero-order valence-corrected chi connectivity index (χ0v) is 17.7. The Morgan fingerprint density at radius 2 is 1.69 bits per heavy atom. The highest BCUT2D eigenvalue weighted by molar-refractivity contribution is 8.18. The van der Waals surface area contributed by atoms with Crippen LogP contribution in [0.4, 0.5) is 5.69 Å². The first-order valence-corrected chi connectivity index (χ1v) is 11.1. The molecule has 4 nitrogen and oxygen atoms in total. The number of carbonyl (C=O) groups is 1. The van der Waals surface area contributed by atoms with Gasteiger partial charge in [-0.05, 0) is 54.1 Å². The van der Waals surface area contributed by atoms with Crippen LogP contribution in [-0.4, -0.2) is 17.7 Å². The van der Waals surface area contributed by atoms with Crippen molar-refractivity contribution in [3.63, 3.8) is 0 Å². The SMILES string of the molecule is CCCCCCCCOc1ccc(/C=C2\SC(=Nc3ccccc3)NC2=O)cc1. The van der Waals surface area contributed by atoms with Crippen molar-refractivity contribution in [1.29, 1.82) is 0 Å². The summed E-state index contributed by atoms with van der Waals surface area (Å²) in [7, 11) is 0. The largest absolute Gasteiger partial charge is 0.494 e. The Morgan fingerprint density at radius 3 is 2.45 bits per heavy atom. The number of para-hydroxylation sites is 1. The van der Waals surface area contributed by atoms with Gasteiger partial charge in [-0.2, -0.15) is 0 Å². The molecule has 1 amide bonds. The van der Waals surface area contributed by atoms with Gasteiger partial charge in [0.15, 0.2) is 5.17 Å². The summed E-state index contributed by atoms with van der Waals surface area (Å²) < 4.78 is 5.82. The van der Waals surface area contributed by atoms with Gasteiger partial charge in [-0.3, -0.25) is 4.79 Å². The Kier molecular flexibility index (Phi) is 8.38. The van der Waals surface area contributed by atoms with E-state index >= 15 is 0 Å². The standard InChI is InChI=1S/C24H28N2O2S/c1-2-3-4-5-6-10-17-28-21-15-13-19(14-16-21)18-22-23(27)26-24(29-22)25-20-11-8-7-9-12-20/h7-9,11-16,18H,2-6,10,17H2,1H3,(H,25,26,27)/b22-18-. The lowest BCUT2D eigenvalue weighted by atomic mass is 10.1. The van der Waals surface area contributed by atoms with Crippen molar-refractivity contribution in [2.24, 2.45) is 4.99 Å². The molecule has 1 aliphatic heterocycles. The van der Waals surface area contributed by atoms with Crippen molar-refractivity contribution in [2.45, 2.75) is 45.4 Å². The van der Waals surface area contributed by atoms with Crippen molar-refractivity contribution < 1.29 is 9.53 Å². The topological polar surface area (TPSA) is 50.7 Å². The van der Waals surface area contributed by atoms with Crippen LogP contribution in [0.15, 0.2) is 64.5 Å². The molecule has 2 aromatic rings. The van der Waals surface area contributed by atoms with Crippen LogP contribution in [-0.2, 0) is 4.79 Å². The van der Waals surface area contributed by atoms with Gasteiger partial charge in [-0.15, -0.1) is 0 Å². The molecule has 0 bridgehead atoms. The van der Waals surface area contributed by atoms with Crippen molar-refractivity contribution in [1.82, 2.24) is 5.32 Å². The molecule has 152 valence electrons. The first-order chi connectivity index (χ1) is 14.2. The molecule has 0 radical (unpaired) electrons. The Labute approximate surface area is 177 Å². The predicted octanol–water partition coefficient (Wildman–Crippen LogP) is 6.32. The quantitative estimate of drug-likeness (QED) is 0.370. The summed E-state index contributed by atoms with van der Waals surface area (Å²) in [4.78, 5) is 17.3. The molecule has 2 aromatic carbocycles. The van der Waals surface area contributed by atoms with Crippen LogP contribution in [0.25, 0.3) is 6.08 Å². The summed E-state index contributed by atoms with van der Waals surface area (Å²) >= 11 is 1.36. The molecule has 0 saturated carbocycles. The van der Waals surface area contributed by atoms with Gasteiger partial charge in [0, 0.05) is 0 Å². The zero-order chi connectivity index (χ0) is 20.3. The fourth-order valence-corrected chi connectivity index (χ4v) is 3.83. The first kappa shape index (κ1) is 21.2. The average molecular weight is 409 g/mol. The number of carbonyl (C=O) groups excluding carboxylic acids is 1. The summed E-state index contributed by atoms with van der Waals surface area (Å²) in [5.74, 6) is 0.753. The summed E-state index contributed by atoms with van der Waals surface area (Å²) in [6.07, 6.45) is 9.42. The van der Waals surface area contributed by atoms with E-state index in [1.165, 1.54) is 43.9 Å². The highest BCUT2D eigenvalue weighted by Gasteiger charge is 2.23. The summed E-state index contributed by atoms with van der Waals surface area (Å²) in [6.45, 7) is 2.99. The van der Waals surface area contributed by atoms with E-state index in [4.69, 9.17) is 4.74 Å². The molecule has 1 fully saturated rings. The molecule has 0 unspecified atom stereocenters. The maximum Gasteiger partial charge on any atom is 0.264 e. The lowest BCUT2D eigenvalue weighted by Gasteiger charge is -2.06.